The van der Waals surface area contributed by atoms with Crippen molar-refractivity contribution in [2.24, 2.45) is 0 Å². The Morgan fingerprint density at radius 1 is 1.10 bits per heavy atom. The van der Waals surface area contributed by atoms with Crippen molar-refractivity contribution in [2.45, 2.75) is 13.3 Å². The number of hydrogen-bond acceptors (Lipinski definition) is 4. The molecule has 2 rings (SSSR count). The molecule has 0 spiro atoms. The second kappa shape index (κ2) is 7.22. The average Bonchev–Trinajstić information content (AvgIpc) is 2.48. The molecule has 1 aliphatic rings. The number of likely N-dealkylation sites (N-methyl/N-ethyl adjacent to an activating group) is 1. The van der Waals surface area contributed by atoms with Crippen molar-refractivity contribution >= 4 is 17.4 Å². The molecule has 0 aliphatic carbocycles. The van der Waals surface area contributed by atoms with Gasteiger partial charge < -0.3 is 15.1 Å². The van der Waals surface area contributed by atoms with Crippen molar-refractivity contribution in [2.75, 3.05) is 45.1 Å². The van der Waals surface area contributed by atoms with E-state index in [1.807, 2.05) is 17.0 Å². The van der Waals surface area contributed by atoms with Crippen LogP contribution < -0.4 is 5.32 Å². The molecular weight excluding hydrogens is 266 g/mol. The summed E-state index contributed by atoms with van der Waals surface area (Å²) in [7, 11) is 2.08. The highest BCUT2D eigenvalue weighted by atomic mass is 16.2. The Labute approximate surface area is 125 Å². The van der Waals surface area contributed by atoms with Gasteiger partial charge in [-0.3, -0.25) is 9.59 Å². The number of anilines is 1. The highest BCUT2D eigenvalue weighted by molar-refractivity contribution is 5.94. The van der Waals surface area contributed by atoms with Crippen LogP contribution in [0, 0.1) is 0 Å². The maximum Gasteiger partial charge on any atom is 0.224 e. The molecule has 1 N–H and O–H groups in total. The Hall–Kier alpha value is -1.88. The number of carbonyl (C=O) groups is 2. The summed E-state index contributed by atoms with van der Waals surface area (Å²) in [5, 5.41) is 3.22. The zero-order valence-corrected chi connectivity index (χ0v) is 12.8. The Morgan fingerprint density at radius 3 is 2.29 bits per heavy atom. The molecular formula is C16H23N3O2. The number of hydrogen-bond donors (Lipinski definition) is 1. The van der Waals surface area contributed by atoms with Gasteiger partial charge in [0.05, 0.1) is 0 Å². The Kier molecular flexibility index (Phi) is 5.33. The van der Waals surface area contributed by atoms with Crippen LogP contribution in [0.2, 0.25) is 0 Å². The SMILES string of the molecule is CC(=O)c1ccc(NCCC(=O)N2CCN(C)CC2)cc1. The minimum absolute atomic E-state index is 0.0618. The lowest BCUT2D eigenvalue weighted by Crippen LogP contribution is -2.47. The van der Waals surface area contributed by atoms with E-state index in [1.165, 1.54) is 0 Å². The van der Waals surface area contributed by atoms with Gasteiger partial charge in [-0.05, 0) is 38.2 Å². The van der Waals surface area contributed by atoms with Crippen LogP contribution in [0.3, 0.4) is 0 Å². The molecule has 1 heterocycles. The molecule has 1 aromatic rings. The number of piperazine rings is 1. The van der Waals surface area contributed by atoms with Crippen LogP contribution in [0.1, 0.15) is 23.7 Å². The van der Waals surface area contributed by atoms with Crippen LogP contribution in [0.5, 0.6) is 0 Å². The fourth-order valence-electron chi connectivity index (χ4n) is 2.35. The van der Waals surface area contributed by atoms with E-state index in [4.69, 9.17) is 0 Å². The summed E-state index contributed by atoms with van der Waals surface area (Å²) in [4.78, 5) is 27.4. The lowest BCUT2D eigenvalue weighted by atomic mass is 10.1. The summed E-state index contributed by atoms with van der Waals surface area (Å²) >= 11 is 0. The number of ketones is 1. The Balaban J connectivity index is 1.73. The molecule has 1 saturated heterocycles. The minimum Gasteiger partial charge on any atom is -0.385 e. The Morgan fingerprint density at radius 2 is 1.71 bits per heavy atom. The van der Waals surface area contributed by atoms with Gasteiger partial charge in [-0.2, -0.15) is 0 Å². The van der Waals surface area contributed by atoms with Gasteiger partial charge in [0, 0.05) is 50.4 Å². The fraction of sp³-hybridized carbons (Fsp3) is 0.500. The molecule has 1 amide bonds. The Bertz CT molecular complexity index is 491. The lowest BCUT2D eigenvalue weighted by molar-refractivity contribution is -0.132. The van der Waals surface area contributed by atoms with Crippen molar-refractivity contribution in [3.63, 3.8) is 0 Å². The van der Waals surface area contributed by atoms with E-state index in [2.05, 4.69) is 17.3 Å². The third kappa shape index (κ3) is 4.56. The highest BCUT2D eigenvalue weighted by Gasteiger charge is 2.18. The van der Waals surface area contributed by atoms with E-state index < -0.39 is 0 Å². The van der Waals surface area contributed by atoms with Crippen LogP contribution >= 0.6 is 0 Å². The van der Waals surface area contributed by atoms with Crippen LogP contribution in [0.4, 0.5) is 5.69 Å². The van der Waals surface area contributed by atoms with E-state index in [-0.39, 0.29) is 11.7 Å². The van der Waals surface area contributed by atoms with Gasteiger partial charge >= 0.3 is 0 Å². The predicted molar refractivity (Wildman–Crippen MR) is 83.6 cm³/mol. The zero-order valence-electron chi connectivity index (χ0n) is 12.8. The van der Waals surface area contributed by atoms with Crippen molar-refractivity contribution in [1.29, 1.82) is 0 Å². The maximum absolute atomic E-state index is 12.1. The van der Waals surface area contributed by atoms with Gasteiger partial charge in [0.25, 0.3) is 0 Å². The summed E-state index contributed by atoms with van der Waals surface area (Å²) < 4.78 is 0. The molecule has 0 aromatic heterocycles. The van der Waals surface area contributed by atoms with Crippen LogP contribution in [0.25, 0.3) is 0 Å². The van der Waals surface area contributed by atoms with Crippen molar-refractivity contribution in [3.8, 4) is 0 Å². The van der Waals surface area contributed by atoms with E-state index in [1.54, 1.807) is 19.1 Å². The first-order valence-corrected chi connectivity index (χ1v) is 7.37. The van der Waals surface area contributed by atoms with Gasteiger partial charge in [-0.25, -0.2) is 0 Å². The highest BCUT2D eigenvalue weighted by Crippen LogP contribution is 2.10. The monoisotopic (exact) mass is 289 g/mol. The number of Topliss-reactive ketones (excluding diaryl/α,β-unsaturated/α-hetero) is 1. The number of amides is 1. The molecule has 0 unspecified atom stereocenters. The molecule has 1 aliphatic heterocycles. The van der Waals surface area contributed by atoms with E-state index in [0.717, 1.165) is 31.9 Å². The predicted octanol–water partition coefficient (Wildman–Crippen LogP) is 1.47. The molecule has 0 radical (unpaired) electrons. The van der Waals surface area contributed by atoms with Gasteiger partial charge in [-0.1, -0.05) is 0 Å². The van der Waals surface area contributed by atoms with Crippen molar-refractivity contribution < 1.29 is 9.59 Å². The second-order valence-corrected chi connectivity index (χ2v) is 5.49. The molecule has 5 nitrogen and oxygen atoms in total. The standard InChI is InChI=1S/C16H23N3O2/c1-13(20)14-3-5-15(6-4-14)17-8-7-16(21)19-11-9-18(2)10-12-19/h3-6,17H,7-12H2,1-2H3. The third-order valence-corrected chi connectivity index (χ3v) is 3.82. The maximum atomic E-state index is 12.1. The molecule has 0 atom stereocenters. The first-order valence-electron chi connectivity index (χ1n) is 7.37. The molecule has 114 valence electrons. The average molecular weight is 289 g/mol. The van der Waals surface area contributed by atoms with Crippen molar-refractivity contribution in [1.82, 2.24) is 9.80 Å². The smallest absolute Gasteiger partial charge is 0.224 e. The summed E-state index contributed by atoms with van der Waals surface area (Å²) in [5.41, 5.74) is 1.64. The number of nitrogens with one attached hydrogen (secondary N) is 1. The van der Waals surface area contributed by atoms with Gasteiger partial charge in [0.1, 0.15) is 0 Å². The quantitative estimate of drug-likeness (QED) is 0.834. The largest absolute Gasteiger partial charge is 0.385 e. The first-order chi connectivity index (χ1) is 10.1. The summed E-state index contributed by atoms with van der Waals surface area (Å²) in [6, 6.07) is 7.34. The third-order valence-electron chi connectivity index (χ3n) is 3.82. The van der Waals surface area contributed by atoms with Crippen molar-refractivity contribution in [3.05, 3.63) is 29.8 Å². The topological polar surface area (TPSA) is 52.7 Å². The van der Waals surface area contributed by atoms with Gasteiger partial charge in [0.15, 0.2) is 5.78 Å². The van der Waals surface area contributed by atoms with E-state index in [0.29, 0.717) is 18.5 Å². The number of benzene rings is 1. The second-order valence-electron chi connectivity index (χ2n) is 5.49. The van der Waals surface area contributed by atoms with Crippen LogP contribution in [-0.2, 0) is 4.79 Å². The molecule has 1 aromatic carbocycles. The number of nitrogens with zero attached hydrogens (tertiary/aromatic N) is 2. The van der Waals surface area contributed by atoms with E-state index >= 15 is 0 Å². The minimum atomic E-state index is 0.0618. The zero-order chi connectivity index (χ0) is 15.2. The van der Waals surface area contributed by atoms with Gasteiger partial charge in [0.2, 0.25) is 5.91 Å². The summed E-state index contributed by atoms with van der Waals surface area (Å²) in [5.74, 6) is 0.266. The summed E-state index contributed by atoms with van der Waals surface area (Å²) in [6.45, 7) is 5.71. The normalized spacial score (nSPS) is 15.8. The van der Waals surface area contributed by atoms with Gasteiger partial charge in [-0.15, -0.1) is 0 Å². The molecule has 0 saturated carbocycles. The first kappa shape index (κ1) is 15.5. The number of carbonyl (C=O) groups excluding carboxylic acids is 2. The molecule has 21 heavy (non-hydrogen) atoms. The van der Waals surface area contributed by atoms with Crippen LogP contribution in [0.15, 0.2) is 24.3 Å². The number of rotatable bonds is 5. The van der Waals surface area contributed by atoms with Crippen LogP contribution in [-0.4, -0.2) is 61.3 Å². The lowest BCUT2D eigenvalue weighted by Gasteiger charge is -2.32. The fourth-order valence-corrected chi connectivity index (χ4v) is 2.35. The van der Waals surface area contributed by atoms with E-state index in [9.17, 15) is 9.59 Å². The molecule has 0 bridgehead atoms. The molecule has 1 fully saturated rings. The summed E-state index contributed by atoms with van der Waals surface area (Å²) in [6.07, 6.45) is 0.498. The molecule has 5 heteroatoms.